The summed E-state index contributed by atoms with van der Waals surface area (Å²) in [4.78, 5) is 4.97. The Morgan fingerprint density at radius 2 is 1.59 bits per heavy atom. The van der Waals surface area contributed by atoms with Crippen LogP contribution in [0, 0.1) is 5.82 Å². The van der Waals surface area contributed by atoms with E-state index in [9.17, 15) is 4.39 Å². The van der Waals surface area contributed by atoms with Crippen molar-refractivity contribution in [3.05, 3.63) is 59.9 Å². The van der Waals surface area contributed by atoms with E-state index in [1.54, 1.807) is 25.3 Å². The summed E-state index contributed by atoms with van der Waals surface area (Å²) in [6.45, 7) is 7.37. The molecule has 0 saturated carbocycles. The molecule has 2 heterocycles. The van der Waals surface area contributed by atoms with E-state index in [1.807, 2.05) is 0 Å². The monoisotopic (exact) mass is 470 g/mol. The van der Waals surface area contributed by atoms with Gasteiger partial charge in [0.15, 0.2) is 11.6 Å². The average Bonchev–Trinajstić information content (AvgIpc) is 3.08. The fourth-order valence-electron chi connectivity index (χ4n) is 4.98. The molecule has 2 aromatic carbocycles. The van der Waals surface area contributed by atoms with Gasteiger partial charge in [-0.2, -0.15) is 0 Å². The topological polar surface area (TPSA) is 34.2 Å². The second-order valence-corrected chi connectivity index (χ2v) is 9.63. The van der Waals surface area contributed by atoms with Crippen LogP contribution in [0.4, 0.5) is 4.39 Å². The van der Waals surface area contributed by atoms with E-state index in [1.165, 1.54) is 44.0 Å². The molecule has 0 unspecified atom stereocenters. The van der Waals surface area contributed by atoms with Crippen LogP contribution in [0.3, 0.4) is 0 Å². The third-order valence-electron chi connectivity index (χ3n) is 7.21. The zero-order valence-electron chi connectivity index (χ0n) is 20.5. The average molecular weight is 471 g/mol. The maximum Gasteiger partial charge on any atom is 0.165 e. The molecule has 2 aliphatic heterocycles. The van der Waals surface area contributed by atoms with Gasteiger partial charge in [0.25, 0.3) is 0 Å². The lowest BCUT2D eigenvalue weighted by Gasteiger charge is -2.31. The van der Waals surface area contributed by atoms with Crippen LogP contribution in [0.2, 0.25) is 0 Å². The Hall–Kier alpha value is -2.15. The molecule has 0 radical (unpaired) electrons. The van der Waals surface area contributed by atoms with Crippen LogP contribution in [-0.4, -0.2) is 68.4 Å². The number of benzene rings is 2. The first-order valence-electron chi connectivity index (χ1n) is 12.7. The lowest BCUT2D eigenvalue weighted by molar-refractivity contribution is -0.0548. The molecule has 0 spiro atoms. The molecule has 2 saturated heterocycles. The van der Waals surface area contributed by atoms with Gasteiger partial charge in [0.2, 0.25) is 0 Å². The van der Waals surface area contributed by atoms with E-state index in [0.29, 0.717) is 12.4 Å². The number of hydrogen-bond donors (Lipinski definition) is 0. The quantitative estimate of drug-likeness (QED) is 0.480. The van der Waals surface area contributed by atoms with Crippen molar-refractivity contribution >= 4 is 0 Å². The van der Waals surface area contributed by atoms with E-state index >= 15 is 0 Å². The zero-order chi connectivity index (χ0) is 23.6. The number of halogens is 1. The molecule has 0 N–H and O–H groups in total. The molecule has 2 fully saturated rings. The molecule has 0 aliphatic carbocycles. The summed E-state index contributed by atoms with van der Waals surface area (Å²) >= 11 is 0. The number of rotatable bonds is 10. The molecule has 34 heavy (non-hydrogen) atoms. The molecular weight excluding hydrogens is 431 g/mol. The van der Waals surface area contributed by atoms with Gasteiger partial charge in [-0.25, -0.2) is 4.39 Å². The lowest BCUT2D eigenvalue weighted by Crippen LogP contribution is -2.39. The number of piperidine rings is 1. The number of methoxy groups -OCH3 is 1. The van der Waals surface area contributed by atoms with Crippen molar-refractivity contribution < 1.29 is 18.6 Å². The van der Waals surface area contributed by atoms with E-state index in [0.717, 1.165) is 57.8 Å². The standard InChI is InChI=1S/C28H39FN2O3/c1-32-28(23-34-27-9-4-3-8-26(27)29)14-7-18-31(19-15-28)22-24-10-12-25(13-11-24)33-21-20-30-16-5-2-6-17-30/h3-4,8-13H,2,5-7,14-23H2,1H3/t28-/m0/s1. The van der Waals surface area contributed by atoms with Crippen molar-refractivity contribution in [1.29, 1.82) is 0 Å². The zero-order valence-corrected chi connectivity index (χ0v) is 20.5. The molecule has 1 atom stereocenters. The number of para-hydroxylation sites is 1. The fraction of sp³-hybridized carbons (Fsp3) is 0.571. The third-order valence-corrected chi connectivity index (χ3v) is 7.21. The van der Waals surface area contributed by atoms with Crippen LogP contribution >= 0.6 is 0 Å². The molecule has 4 rings (SSSR count). The molecular formula is C28H39FN2O3. The first-order valence-corrected chi connectivity index (χ1v) is 12.7. The van der Waals surface area contributed by atoms with Gasteiger partial charge in [-0.1, -0.05) is 30.7 Å². The van der Waals surface area contributed by atoms with Gasteiger partial charge in [-0.3, -0.25) is 9.80 Å². The van der Waals surface area contributed by atoms with Crippen molar-refractivity contribution in [2.24, 2.45) is 0 Å². The summed E-state index contributed by atoms with van der Waals surface area (Å²) in [5, 5.41) is 0. The Kier molecular flexibility index (Phi) is 9.19. The second-order valence-electron chi connectivity index (χ2n) is 9.63. The van der Waals surface area contributed by atoms with Crippen LogP contribution in [-0.2, 0) is 11.3 Å². The minimum Gasteiger partial charge on any atom is -0.492 e. The normalized spacial score (nSPS) is 22.3. The Bertz CT molecular complexity index is 872. The highest BCUT2D eigenvalue weighted by molar-refractivity contribution is 5.27. The number of hydrogen-bond acceptors (Lipinski definition) is 5. The summed E-state index contributed by atoms with van der Waals surface area (Å²) in [5.41, 5.74) is 0.902. The highest BCUT2D eigenvalue weighted by atomic mass is 19.1. The van der Waals surface area contributed by atoms with Gasteiger partial charge in [0.1, 0.15) is 24.6 Å². The maximum absolute atomic E-state index is 14.0. The number of nitrogens with zero attached hydrogens (tertiary/aromatic N) is 2. The molecule has 5 nitrogen and oxygen atoms in total. The van der Waals surface area contributed by atoms with Crippen LogP contribution in [0.1, 0.15) is 44.1 Å². The summed E-state index contributed by atoms with van der Waals surface area (Å²) in [7, 11) is 1.74. The Labute approximate surface area is 203 Å². The van der Waals surface area contributed by atoms with Crippen molar-refractivity contribution in [2.75, 3.05) is 53.0 Å². The van der Waals surface area contributed by atoms with E-state index in [4.69, 9.17) is 14.2 Å². The number of likely N-dealkylation sites (tertiary alicyclic amines) is 2. The van der Waals surface area contributed by atoms with Crippen molar-refractivity contribution in [3.63, 3.8) is 0 Å². The van der Waals surface area contributed by atoms with Gasteiger partial charge in [-0.15, -0.1) is 0 Å². The van der Waals surface area contributed by atoms with Gasteiger partial charge >= 0.3 is 0 Å². The minimum atomic E-state index is -0.386. The van der Waals surface area contributed by atoms with Crippen LogP contribution in [0.15, 0.2) is 48.5 Å². The van der Waals surface area contributed by atoms with Crippen molar-refractivity contribution in [3.8, 4) is 11.5 Å². The lowest BCUT2D eigenvalue weighted by atomic mass is 9.95. The summed E-state index contributed by atoms with van der Waals surface area (Å²) in [5.74, 6) is 0.904. The largest absolute Gasteiger partial charge is 0.492 e. The van der Waals surface area contributed by atoms with Crippen molar-refractivity contribution in [2.45, 2.75) is 50.7 Å². The first-order chi connectivity index (χ1) is 16.7. The Morgan fingerprint density at radius 3 is 2.35 bits per heavy atom. The van der Waals surface area contributed by atoms with Gasteiger partial charge in [-0.05, 0) is 81.6 Å². The molecule has 0 amide bonds. The SMILES string of the molecule is CO[C@@]1(COc2ccccc2F)CCCN(Cc2ccc(OCCN3CCCCC3)cc2)CC1. The van der Waals surface area contributed by atoms with Crippen LogP contribution < -0.4 is 9.47 Å². The predicted molar refractivity (Wildman–Crippen MR) is 133 cm³/mol. The molecule has 186 valence electrons. The highest BCUT2D eigenvalue weighted by Crippen LogP contribution is 2.29. The Morgan fingerprint density at radius 1 is 0.824 bits per heavy atom. The van der Waals surface area contributed by atoms with Crippen LogP contribution in [0.5, 0.6) is 11.5 Å². The third kappa shape index (κ3) is 7.17. The second kappa shape index (κ2) is 12.5. The van der Waals surface area contributed by atoms with E-state index in [-0.39, 0.29) is 11.4 Å². The summed E-state index contributed by atoms with van der Waals surface area (Å²) < 4.78 is 31.7. The van der Waals surface area contributed by atoms with Crippen molar-refractivity contribution in [1.82, 2.24) is 9.80 Å². The van der Waals surface area contributed by atoms with E-state index < -0.39 is 0 Å². The predicted octanol–water partition coefficient (Wildman–Crippen LogP) is 5.14. The van der Waals surface area contributed by atoms with E-state index in [2.05, 4.69) is 34.1 Å². The molecule has 2 aromatic rings. The van der Waals surface area contributed by atoms with Gasteiger partial charge in [0, 0.05) is 26.7 Å². The van der Waals surface area contributed by atoms with Gasteiger partial charge in [0.05, 0.1) is 0 Å². The molecule has 2 aliphatic rings. The summed E-state index contributed by atoms with van der Waals surface area (Å²) in [6.07, 6.45) is 6.77. The van der Waals surface area contributed by atoms with Crippen LogP contribution in [0.25, 0.3) is 0 Å². The molecule has 6 heteroatoms. The molecule has 0 aromatic heterocycles. The molecule has 0 bridgehead atoms. The fourth-order valence-corrected chi connectivity index (χ4v) is 4.98. The first kappa shape index (κ1) is 25.0. The smallest absolute Gasteiger partial charge is 0.165 e. The number of ether oxygens (including phenoxy) is 3. The Balaban J connectivity index is 1.23. The summed E-state index contributed by atoms with van der Waals surface area (Å²) in [6, 6.07) is 15.1. The minimum absolute atomic E-state index is 0.290. The maximum atomic E-state index is 14.0. The van der Waals surface area contributed by atoms with Gasteiger partial charge < -0.3 is 14.2 Å². The highest BCUT2D eigenvalue weighted by Gasteiger charge is 2.34.